The van der Waals surface area contributed by atoms with Crippen LogP contribution in [-0.4, -0.2) is 51.2 Å². The van der Waals surface area contributed by atoms with Crippen LogP contribution in [0.5, 0.6) is 17.2 Å². The molecule has 0 aliphatic rings. The predicted molar refractivity (Wildman–Crippen MR) is 117 cm³/mol. The summed E-state index contributed by atoms with van der Waals surface area (Å²) in [5, 5.41) is 2.11. The Hall–Kier alpha value is -1.90. The zero-order valence-electron chi connectivity index (χ0n) is 16.3. The third kappa shape index (κ3) is 6.05. The van der Waals surface area contributed by atoms with Crippen molar-refractivity contribution >= 4 is 38.8 Å². The van der Waals surface area contributed by atoms with Gasteiger partial charge in [-0.05, 0) is 0 Å². The minimum absolute atomic E-state index is 0.386. The van der Waals surface area contributed by atoms with Gasteiger partial charge in [0.25, 0.3) is 0 Å². The first kappa shape index (κ1) is 20.8. The summed E-state index contributed by atoms with van der Waals surface area (Å²) in [4.78, 5) is 0. The molecule has 146 valence electrons. The molecule has 0 unspecified atom stereocenters. The van der Waals surface area contributed by atoms with Crippen molar-refractivity contribution in [1.82, 2.24) is 0 Å². The maximum atomic E-state index is 5.54. The fraction of sp³-hybridized carbons (Fsp3) is 0.217. The second-order valence-corrected chi connectivity index (χ2v) is 10.5. The van der Waals surface area contributed by atoms with Crippen LogP contribution in [0, 0.1) is 0 Å². The molecule has 0 amide bonds. The first-order valence-corrected chi connectivity index (χ1v) is 13.0. The van der Waals surface area contributed by atoms with E-state index in [-0.39, 0.29) is 0 Å². The number of methoxy groups -OCH3 is 3. The molecular formula is C23H24O3Se2. The Morgan fingerprint density at radius 3 is 1.29 bits per heavy atom. The molecule has 0 aromatic heterocycles. The molecule has 0 atom stereocenters. The van der Waals surface area contributed by atoms with E-state index in [0.717, 1.165) is 27.9 Å². The Morgan fingerprint density at radius 2 is 0.929 bits per heavy atom. The summed E-state index contributed by atoms with van der Waals surface area (Å²) in [5.74, 6) is 2.76. The summed E-state index contributed by atoms with van der Waals surface area (Å²) in [7, 11) is 5.14. The average Bonchev–Trinajstić information content (AvgIpc) is 2.76. The van der Waals surface area contributed by atoms with Gasteiger partial charge in [0.05, 0.1) is 0 Å². The fourth-order valence-corrected chi connectivity index (χ4v) is 6.17. The molecule has 0 aliphatic carbocycles. The minimum atomic E-state index is 0.386. The molecule has 3 aromatic carbocycles. The summed E-state index contributed by atoms with van der Waals surface area (Å²) >= 11 is 0.772. The van der Waals surface area contributed by atoms with E-state index >= 15 is 0 Å². The molecule has 0 saturated heterocycles. The SMILES string of the molecule is COc1ccc([Se]Cc2cc(C[Se]c3ccc(OC)cc3)cc(OC)c2)cc1. The monoisotopic (exact) mass is 508 g/mol. The molecule has 0 N–H and O–H groups in total. The summed E-state index contributed by atoms with van der Waals surface area (Å²) in [5.41, 5.74) is 2.69. The van der Waals surface area contributed by atoms with Gasteiger partial charge >= 0.3 is 180 Å². The van der Waals surface area contributed by atoms with Crippen molar-refractivity contribution in [3.8, 4) is 17.2 Å². The number of rotatable bonds is 9. The summed E-state index contributed by atoms with van der Waals surface area (Å²) in [6, 6.07) is 23.4. The second-order valence-electron chi connectivity index (χ2n) is 6.12. The van der Waals surface area contributed by atoms with Crippen molar-refractivity contribution in [3.05, 3.63) is 77.9 Å². The summed E-state index contributed by atoms with van der Waals surface area (Å²) in [6.45, 7) is 0. The van der Waals surface area contributed by atoms with E-state index in [1.165, 1.54) is 20.1 Å². The van der Waals surface area contributed by atoms with E-state index in [0.29, 0.717) is 29.9 Å². The van der Waals surface area contributed by atoms with E-state index in [2.05, 4.69) is 42.5 Å². The zero-order valence-corrected chi connectivity index (χ0v) is 19.7. The van der Waals surface area contributed by atoms with E-state index < -0.39 is 0 Å². The van der Waals surface area contributed by atoms with E-state index in [9.17, 15) is 0 Å². The Labute approximate surface area is 179 Å². The molecule has 0 heterocycles. The van der Waals surface area contributed by atoms with E-state index in [1.807, 2.05) is 24.3 Å². The standard InChI is InChI=1S/C23H24O3Se2/c1-24-19-4-8-22(9-5-19)27-15-17-12-18(14-21(13-17)26-3)16-28-23-10-6-20(25-2)7-11-23/h4-14H,15-16H2,1-3H3. The average molecular weight is 506 g/mol. The molecule has 0 radical (unpaired) electrons. The molecule has 0 spiro atoms. The maximum absolute atomic E-state index is 5.54. The van der Waals surface area contributed by atoms with Crippen molar-refractivity contribution in [2.75, 3.05) is 21.3 Å². The van der Waals surface area contributed by atoms with Gasteiger partial charge in [-0.25, -0.2) is 0 Å². The third-order valence-corrected chi connectivity index (χ3v) is 8.74. The second kappa shape index (κ2) is 10.6. The van der Waals surface area contributed by atoms with E-state index in [4.69, 9.17) is 14.2 Å². The molecule has 0 saturated carbocycles. The van der Waals surface area contributed by atoms with Crippen molar-refractivity contribution in [3.63, 3.8) is 0 Å². The Balaban J connectivity index is 1.64. The van der Waals surface area contributed by atoms with Crippen LogP contribution in [0.3, 0.4) is 0 Å². The molecule has 3 rings (SSSR count). The number of benzene rings is 3. The van der Waals surface area contributed by atoms with E-state index in [1.54, 1.807) is 21.3 Å². The van der Waals surface area contributed by atoms with Crippen LogP contribution < -0.4 is 23.1 Å². The van der Waals surface area contributed by atoms with Gasteiger partial charge in [-0.3, -0.25) is 0 Å². The van der Waals surface area contributed by atoms with Gasteiger partial charge in [0.1, 0.15) is 0 Å². The Kier molecular flexibility index (Phi) is 7.88. The van der Waals surface area contributed by atoms with Crippen LogP contribution in [0.25, 0.3) is 0 Å². The number of ether oxygens (including phenoxy) is 3. The van der Waals surface area contributed by atoms with Crippen molar-refractivity contribution in [1.29, 1.82) is 0 Å². The summed E-state index contributed by atoms with van der Waals surface area (Å²) in [6.07, 6.45) is 0. The zero-order chi connectivity index (χ0) is 19.8. The number of hydrogen-bond acceptors (Lipinski definition) is 3. The van der Waals surface area contributed by atoms with Crippen LogP contribution in [0.2, 0.25) is 0 Å². The third-order valence-electron chi connectivity index (χ3n) is 4.19. The molecule has 0 fully saturated rings. The van der Waals surface area contributed by atoms with Crippen molar-refractivity contribution in [2.45, 2.75) is 10.6 Å². The van der Waals surface area contributed by atoms with Gasteiger partial charge < -0.3 is 0 Å². The normalized spacial score (nSPS) is 10.5. The summed E-state index contributed by atoms with van der Waals surface area (Å²) < 4.78 is 18.8. The molecule has 5 heteroatoms. The van der Waals surface area contributed by atoms with Gasteiger partial charge in [0, 0.05) is 0 Å². The Bertz CT molecular complexity index is 808. The van der Waals surface area contributed by atoms with Crippen molar-refractivity contribution in [2.24, 2.45) is 0 Å². The van der Waals surface area contributed by atoms with Gasteiger partial charge in [0.2, 0.25) is 0 Å². The van der Waals surface area contributed by atoms with Crippen LogP contribution in [0.1, 0.15) is 11.1 Å². The first-order valence-electron chi connectivity index (χ1n) is 8.90. The van der Waals surface area contributed by atoms with Crippen LogP contribution >= 0.6 is 0 Å². The Morgan fingerprint density at radius 1 is 0.536 bits per heavy atom. The van der Waals surface area contributed by atoms with Gasteiger partial charge in [0.15, 0.2) is 0 Å². The first-order chi connectivity index (χ1) is 13.7. The van der Waals surface area contributed by atoms with Gasteiger partial charge in [-0.2, -0.15) is 0 Å². The molecule has 0 aliphatic heterocycles. The van der Waals surface area contributed by atoms with Crippen LogP contribution in [0.4, 0.5) is 0 Å². The molecule has 28 heavy (non-hydrogen) atoms. The fourth-order valence-electron chi connectivity index (χ4n) is 2.69. The predicted octanol–water partition coefficient (Wildman–Crippen LogP) is 2.77. The quantitative estimate of drug-likeness (QED) is 0.418. The molecule has 3 nitrogen and oxygen atoms in total. The molecule has 0 bridgehead atoms. The molecular weight excluding hydrogens is 482 g/mol. The van der Waals surface area contributed by atoms with Gasteiger partial charge in [-0.15, -0.1) is 0 Å². The van der Waals surface area contributed by atoms with Gasteiger partial charge in [-0.1, -0.05) is 0 Å². The van der Waals surface area contributed by atoms with Crippen molar-refractivity contribution < 1.29 is 14.2 Å². The van der Waals surface area contributed by atoms with Crippen LogP contribution in [-0.2, 0) is 10.6 Å². The topological polar surface area (TPSA) is 27.7 Å². The van der Waals surface area contributed by atoms with Crippen LogP contribution in [0.15, 0.2) is 66.7 Å². The molecule has 3 aromatic rings. The number of hydrogen-bond donors (Lipinski definition) is 0.